The lowest BCUT2D eigenvalue weighted by molar-refractivity contribution is -0.383. The number of amides is 1. The van der Waals surface area contributed by atoms with Crippen LogP contribution in [0, 0.1) is 17.0 Å². The van der Waals surface area contributed by atoms with Crippen LogP contribution in [0.3, 0.4) is 0 Å². The molecule has 0 radical (unpaired) electrons. The molecule has 2 rings (SSSR count). The lowest BCUT2D eigenvalue weighted by Gasteiger charge is -2.20. The molecule has 11 heteroatoms. The summed E-state index contributed by atoms with van der Waals surface area (Å²) in [6.45, 7) is 6.90. The van der Waals surface area contributed by atoms with Crippen LogP contribution < -0.4 is 5.32 Å². The molecule has 0 aliphatic heterocycles. The zero-order chi connectivity index (χ0) is 24.1. The SMILES string of the molecule is CCN(CC)S(=O)(=O)c1cc(C(=O)O[C@@H](C)C(=O)Nc2ccccc2[N+](=O)[O-])ccc1C. The fourth-order valence-electron chi connectivity index (χ4n) is 2.96. The molecule has 0 aliphatic rings. The lowest BCUT2D eigenvalue weighted by atomic mass is 10.1. The van der Waals surface area contributed by atoms with Gasteiger partial charge in [-0.1, -0.05) is 32.0 Å². The van der Waals surface area contributed by atoms with Gasteiger partial charge in [0.25, 0.3) is 11.6 Å². The molecule has 0 aliphatic carbocycles. The van der Waals surface area contributed by atoms with Gasteiger partial charge in [-0.3, -0.25) is 14.9 Å². The number of carbonyl (C=O) groups excluding carboxylic acids is 2. The summed E-state index contributed by atoms with van der Waals surface area (Å²) in [5.74, 6) is -1.66. The molecule has 0 spiro atoms. The predicted molar refractivity (Wildman–Crippen MR) is 118 cm³/mol. The van der Waals surface area contributed by atoms with Crippen molar-refractivity contribution >= 4 is 33.3 Å². The fraction of sp³-hybridized carbons (Fsp3) is 0.333. The normalized spacial score (nSPS) is 12.3. The Morgan fingerprint density at radius 3 is 2.38 bits per heavy atom. The van der Waals surface area contributed by atoms with Crippen LogP contribution >= 0.6 is 0 Å². The Kier molecular flexibility index (Phi) is 8.06. The van der Waals surface area contributed by atoms with Gasteiger partial charge in [0.2, 0.25) is 10.0 Å². The lowest BCUT2D eigenvalue weighted by Crippen LogP contribution is -2.32. The van der Waals surface area contributed by atoms with Crippen LogP contribution in [0.15, 0.2) is 47.4 Å². The van der Waals surface area contributed by atoms with Gasteiger partial charge >= 0.3 is 5.97 Å². The molecule has 1 atom stereocenters. The van der Waals surface area contributed by atoms with Crippen LogP contribution in [0.5, 0.6) is 0 Å². The van der Waals surface area contributed by atoms with E-state index in [1.807, 2.05) is 0 Å². The second-order valence-corrected chi connectivity index (χ2v) is 8.79. The molecule has 0 saturated heterocycles. The summed E-state index contributed by atoms with van der Waals surface area (Å²) in [4.78, 5) is 35.4. The van der Waals surface area contributed by atoms with Gasteiger partial charge in [0.1, 0.15) is 5.69 Å². The Labute approximate surface area is 186 Å². The Hall–Kier alpha value is -3.31. The van der Waals surface area contributed by atoms with E-state index in [0.29, 0.717) is 5.56 Å². The third kappa shape index (κ3) is 5.48. The summed E-state index contributed by atoms with van der Waals surface area (Å²) in [5, 5.41) is 13.4. The van der Waals surface area contributed by atoms with Crippen molar-refractivity contribution in [2.24, 2.45) is 0 Å². The smallest absolute Gasteiger partial charge is 0.338 e. The van der Waals surface area contributed by atoms with E-state index in [1.54, 1.807) is 20.8 Å². The number of aryl methyl sites for hydroxylation is 1. The summed E-state index contributed by atoms with van der Waals surface area (Å²) in [7, 11) is -3.80. The molecule has 0 heterocycles. The van der Waals surface area contributed by atoms with Gasteiger partial charge in [-0.15, -0.1) is 0 Å². The Bertz CT molecular complexity index is 1130. The highest BCUT2D eigenvalue weighted by atomic mass is 32.2. The Morgan fingerprint density at radius 1 is 1.16 bits per heavy atom. The molecule has 10 nitrogen and oxygen atoms in total. The second-order valence-electron chi connectivity index (χ2n) is 6.88. The first-order valence-corrected chi connectivity index (χ1v) is 11.3. The maximum atomic E-state index is 12.9. The summed E-state index contributed by atoms with van der Waals surface area (Å²) in [5.41, 5.74) is 0.0970. The van der Waals surface area contributed by atoms with Crippen LogP contribution in [0.25, 0.3) is 0 Å². The Balaban J connectivity index is 2.21. The predicted octanol–water partition coefficient (Wildman–Crippen LogP) is 3.12. The van der Waals surface area contributed by atoms with Crippen molar-refractivity contribution in [1.29, 1.82) is 0 Å². The summed E-state index contributed by atoms with van der Waals surface area (Å²) < 4.78 is 32.2. The van der Waals surface area contributed by atoms with E-state index < -0.39 is 32.9 Å². The van der Waals surface area contributed by atoms with Crippen LogP contribution in [0.4, 0.5) is 11.4 Å². The van der Waals surface area contributed by atoms with Crippen molar-refractivity contribution in [3.8, 4) is 0 Å². The van der Waals surface area contributed by atoms with Gasteiger partial charge in [0.15, 0.2) is 6.10 Å². The number of nitro benzene ring substituents is 1. The summed E-state index contributed by atoms with van der Waals surface area (Å²) in [6, 6.07) is 9.68. The first-order chi connectivity index (χ1) is 15.0. The average Bonchev–Trinajstić information content (AvgIpc) is 2.74. The van der Waals surface area contributed by atoms with Crippen LogP contribution in [0.1, 0.15) is 36.7 Å². The number of benzene rings is 2. The molecule has 0 unspecified atom stereocenters. The average molecular weight is 464 g/mol. The third-order valence-corrected chi connectivity index (χ3v) is 6.95. The number of para-hydroxylation sites is 2. The molecule has 0 bridgehead atoms. The van der Waals surface area contributed by atoms with Gasteiger partial charge in [-0.25, -0.2) is 13.2 Å². The summed E-state index contributed by atoms with van der Waals surface area (Å²) in [6.07, 6.45) is -1.29. The van der Waals surface area contributed by atoms with Crippen molar-refractivity contribution < 1.29 is 27.7 Å². The first kappa shape index (κ1) is 25.0. The van der Waals surface area contributed by atoms with Crippen molar-refractivity contribution in [1.82, 2.24) is 4.31 Å². The molecule has 172 valence electrons. The van der Waals surface area contributed by atoms with Crippen molar-refractivity contribution in [2.45, 2.75) is 38.7 Å². The minimum absolute atomic E-state index is 0.0207. The highest BCUT2D eigenvalue weighted by Gasteiger charge is 2.26. The molecule has 1 N–H and O–H groups in total. The van der Waals surface area contributed by atoms with Crippen LogP contribution in [-0.2, 0) is 19.6 Å². The van der Waals surface area contributed by atoms with Crippen molar-refractivity contribution in [3.63, 3.8) is 0 Å². The highest BCUT2D eigenvalue weighted by molar-refractivity contribution is 7.89. The van der Waals surface area contributed by atoms with E-state index in [9.17, 15) is 28.1 Å². The largest absolute Gasteiger partial charge is 0.449 e. The van der Waals surface area contributed by atoms with Gasteiger partial charge in [0.05, 0.1) is 15.4 Å². The van der Waals surface area contributed by atoms with Gasteiger partial charge in [-0.2, -0.15) is 4.31 Å². The molecule has 32 heavy (non-hydrogen) atoms. The second kappa shape index (κ2) is 10.3. The minimum atomic E-state index is -3.80. The van der Waals surface area contributed by atoms with Crippen molar-refractivity contribution in [2.75, 3.05) is 18.4 Å². The van der Waals surface area contributed by atoms with Gasteiger partial charge < -0.3 is 10.1 Å². The van der Waals surface area contributed by atoms with E-state index in [-0.39, 0.29) is 34.9 Å². The fourth-order valence-corrected chi connectivity index (χ4v) is 4.67. The molecule has 0 fully saturated rings. The highest BCUT2D eigenvalue weighted by Crippen LogP contribution is 2.24. The zero-order valence-corrected chi connectivity index (χ0v) is 19.0. The number of ether oxygens (including phenoxy) is 1. The minimum Gasteiger partial charge on any atom is -0.449 e. The van der Waals surface area contributed by atoms with Gasteiger partial charge in [-0.05, 0) is 37.6 Å². The molecule has 1 amide bonds. The molecule has 2 aromatic carbocycles. The quantitative estimate of drug-likeness (QED) is 0.343. The zero-order valence-electron chi connectivity index (χ0n) is 18.2. The maximum Gasteiger partial charge on any atom is 0.338 e. The monoisotopic (exact) mass is 463 g/mol. The third-order valence-electron chi connectivity index (χ3n) is 4.76. The van der Waals surface area contributed by atoms with E-state index in [2.05, 4.69) is 5.32 Å². The number of rotatable bonds is 9. The number of nitro groups is 1. The number of sulfonamides is 1. The van der Waals surface area contributed by atoms with Crippen molar-refractivity contribution in [3.05, 3.63) is 63.7 Å². The number of nitrogens with zero attached hydrogens (tertiary/aromatic N) is 2. The molecule has 2 aromatic rings. The number of esters is 1. The molecular weight excluding hydrogens is 438 g/mol. The molecule has 0 aromatic heterocycles. The van der Waals surface area contributed by atoms with Crippen LogP contribution in [0.2, 0.25) is 0 Å². The number of nitrogens with one attached hydrogen (secondary N) is 1. The topological polar surface area (TPSA) is 136 Å². The van der Waals surface area contributed by atoms with Crippen LogP contribution in [-0.4, -0.2) is 48.7 Å². The Morgan fingerprint density at radius 2 is 1.78 bits per heavy atom. The number of hydrogen-bond acceptors (Lipinski definition) is 7. The van der Waals surface area contributed by atoms with E-state index in [0.717, 1.165) is 0 Å². The summed E-state index contributed by atoms with van der Waals surface area (Å²) >= 11 is 0. The number of anilines is 1. The first-order valence-electron chi connectivity index (χ1n) is 9.88. The molecule has 0 saturated carbocycles. The van der Waals surface area contributed by atoms with E-state index >= 15 is 0 Å². The van der Waals surface area contributed by atoms with Gasteiger partial charge in [0, 0.05) is 19.2 Å². The van der Waals surface area contributed by atoms with E-state index in [1.165, 1.54) is 53.7 Å². The number of hydrogen-bond donors (Lipinski definition) is 1. The van der Waals surface area contributed by atoms with E-state index in [4.69, 9.17) is 4.74 Å². The maximum absolute atomic E-state index is 12.9. The standard InChI is InChI=1S/C21H25N3O7S/c1-5-23(6-2)32(29,30)19-13-16(12-11-14(19)3)21(26)31-15(4)20(25)22-17-9-7-8-10-18(17)24(27)28/h7-13,15H,5-6H2,1-4H3,(H,22,25)/t15-/m0/s1. The molecular formula is C21H25N3O7S. The number of carbonyl (C=O) groups is 2.